The van der Waals surface area contributed by atoms with Crippen LogP contribution < -0.4 is 10.5 Å². The Hall–Kier alpha value is -1.55. The Morgan fingerprint density at radius 1 is 1.35 bits per heavy atom. The van der Waals surface area contributed by atoms with Gasteiger partial charge in [0.25, 0.3) is 0 Å². The molecular formula is C16H23NO3. The molecule has 1 aromatic carbocycles. The van der Waals surface area contributed by atoms with E-state index in [0.717, 1.165) is 0 Å². The first-order valence-corrected chi connectivity index (χ1v) is 6.84. The van der Waals surface area contributed by atoms with Crippen molar-refractivity contribution in [3.8, 4) is 5.75 Å². The number of hydrogen-bond donors (Lipinski definition) is 1. The number of benzene rings is 1. The maximum atomic E-state index is 12.8. The summed E-state index contributed by atoms with van der Waals surface area (Å²) in [5.74, 6) is 0.461. The van der Waals surface area contributed by atoms with Crippen molar-refractivity contribution < 1.29 is 14.3 Å². The molecule has 2 rings (SSSR count). The standard InChI is InChI=1S/C16H23NO3/c1-15(2)9-12(16(3,4)20-15)14(18)11-8-10(19-5)6-7-13(11)17/h6-8,12H,9,17H2,1-5H3. The zero-order valence-electron chi connectivity index (χ0n) is 12.8. The van der Waals surface area contributed by atoms with E-state index >= 15 is 0 Å². The molecule has 0 aliphatic carbocycles. The lowest BCUT2D eigenvalue weighted by atomic mass is 9.81. The smallest absolute Gasteiger partial charge is 0.171 e. The molecule has 4 nitrogen and oxygen atoms in total. The molecule has 1 unspecified atom stereocenters. The Kier molecular flexibility index (Phi) is 3.54. The van der Waals surface area contributed by atoms with Gasteiger partial charge in [-0.05, 0) is 52.3 Å². The van der Waals surface area contributed by atoms with Crippen LogP contribution in [0.1, 0.15) is 44.5 Å². The number of ether oxygens (including phenoxy) is 2. The van der Waals surface area contributed by atoms with E-state index in [0.29, 0.717) is 23.4 Å². The van der Waals surface area contributed by atoms with Crippen LogP contribution in [0.3, 0.4) is 0 Å². The number of rotatable bonds is 3. The molecule has 0 bridgehead atoms. The zero-order chi connectivity index (χ0) is 15.1. The molecule has 110 valence electrons. The highest BCUT2D eigenvalue weighted by molar-refractivity contribution is 6.03. The molecule has 4 heteroatoms. The summed E-state index contributed by atoms with van der Waals surface area (Å²) in [4.78, 5) is 12.8. The molecule has 1 fully saturated rings. The van der Waals surface area contributed by atoms with Crippen LogP contribution in [0.15, 0.2) is 18.2 Å². The Bertz CT molecular complexity index is 535. The van der Waals surface area contributed by atoms with Gasteiger partial charge < -0.3 is 15.2 Å². The topological polar surface area (TPSA) is 61.5 Å². The minimum Gasteiger partial charge on any atom is -0.497 e. The maximum Gasteiger partial charge on any atom is 0.171 e. The highest BCUT2D eigenvalue weighted by atomic mass is 16.5. The lowest BCUT2D eigenvalue weighted by Gasteiger charge is -2.26. The molecule has 1 aliphatic heterocycles. The lowest BCUT2D eigenvalue weighted by molar-refractivity contribution is -0.0712. The Morgan fingerprint density at radius 2 is 2.00 bits per heavy atom. The summed E-state index contributed by atoms with van der Waals surface area (Å²) in [5.41, 5.74) is 6.17. The van der Waals surface area contributed by atoms with Gasteiger partial charge in [-0.2, -0.15) is 0 Å². The number of carbonyl (C=O) groups is 1. The Labute approximate surface area is 120 Å². The highest BCUT2D eigenvalue weighted by Crippen LogP contribution is 2.44. The van der Waals surface area contributed by atoms with Crippen LogP contribution in [0.4, 0.5) is 5.69 Å². The van der Waals surface area contributed by atoms with Crippen molar-refractivity contribution in [3.05, 3.63) is 23.8 Å². The van der Waals surface area contributed by atoms with Gasteiger partial charge in [0.1, 0.15) is 5.75 Å². The van der Waals surface area contributed by atoms with Gasteiger partial charge in [0.15, 0.2) is 5.78 Å². The number of anilines is 1. The van der Waals surface area contributed by atoms with Gasteiger partial charge in [-0.1, -0.05) is 0 Å². The Balaban J connectivity index is 2.37. The van der Waals surface area contributed by atoms with Crippen LogP contribution in [0.5, 0.6) is 5.75 Å². The van der Waals surface area contributed by atoms with Gasteiger partial charge in [0.2, 0.25) is 0 Å². The predicted molar refractivity (Wildman–Crippen MR) is 79.1 cm³/mol. The van der Waals surface area contributed by atoms with Crippen molar-refractivity contribution >= 4 is 11.5 Å². The van der Waals surface area contributed by atoms with E-state index in [9.17, 15) is 4.79 Å². The number of nitrogens with two attached hydrogens (primary N) is 1. The average molecular weight is 277 g/mol. The SMILES string of the molecule is COc1ccc(N)c(C(=O)C2CC(C)(C)OC2(C)C)c1. The molecule has 1 saturated heterocycles. The zero-order valence-corrected chi connectivity index (χ0v) is 12.8. The van der Waals surface area contributed by atoms with Gasteiger partial charge in [-0.3, -0.25) is 4.79 Å². The van der Waals surface area contributed by atoms with Crippen LogP contribution in [0.2, 0.25) is 0 Å². The fourth-order valence-corrected chi connectivity index (χ4v) is 3.03. The Morgan fingerprint density at radius 3 is 2.50 bits per heavy atom. The molecule has 0 amide bonds. The van der Waals surface area contributed by atoms with Crippen LogP contribution in [0, 0.1) is 5.92 Å². The summed E-state index contributed by atoms with van der Waals surface area (Å²) in [6, 6.07) is 5.17. The normalized spacial score (nSPS) is 23.6. The first-order valence-electron chi connectivity index (χ1n) is 6.84. The van der Waals surface area contributed by atoms with Gasteiger partial charge >= 0.3 is 0 Å². The largest absolute Gasteiger partial charge is 0.497 e. The van der Waals surface area contributed by atoms with Crippen molar-refractivity contribution in [1.82, 2.24) is 0 Å². The van der Waals surface area contributed by atoms with Crippen molar-refractivity contribution in [2.45, 2.75) is 45.3 Å². The number of ketones is 1. The van der Waals surface area contributed by atoms with E-state index in [-0.39, 0.29) is 17.3 Å². The van der Waals surface area contributed by atoms with Gasteiger partial charge in [0.05, 0.1) is 24.2 Å². The number of carbonyl (C=O) groups excluding carboxylic acids is 1. The second-order valence-corrected chi connectivity index (χ2v) is 6.54. The monoisotopic (exact) mass is 277 g/mol. The molecule has 20 heavy (non-hydrogen) atoms. The molecule has 0 radical (unpaired) electrons. The predicted octanol–water partition coefficient (Wildman–Crippen LogP) is 3.05. The third kappa shape index (κ3) is 2.66. The minimum atomic E-state index is -0.490. The molecule has 1 aliphatic rings. The van der Waals surface area contributed by atoms with E-state index in [1.54, 1.807) is 25.3 Å². The lowest BCUT2D eigenvalue weighted by Crippen LogP contribution is -2.34. The number of methoxy groups -OCH3 is 1. The molecular weight excluding hydrogens is 254 g/mol. The highest BCUT2D eigenvalue weighted by Gasteiger charge is 2.49. The van der Waals surface area contributed by atoms with Gasteiger partial charge in [-0.15, -0.1) is 0 Å². The maximum absolute atomic E-state index is 12.8. The molecule has 1 atom stereocenters. The van der Waals surface area contributed by atoms with Gasteiger partial charge in [-0.25, -0.2) is 0 Å². The molecule has 1 aromatic rings. The van der Waals surface area contributed by atoms with Crippen molar-refractivity contribution in [1.29, 1.82) is 0 Å². The molecule has 0 aromatic heterocycles. The van der Waals surface area contributed by atoms with Crippen LogP contribution in [-0.4, -0.2) is 24.1 Å². The van der Waals surface area contributed by atoms with Crippen LogP contribution in [-0.2, 0) is 4.74 Å². The quantitative estimate of drug-likeness (QED) is 0.681. The summed E-state index contributed by atoms with van der Waals surface area (Å²) < 4.78 is 11.2. The van der Waals surface area contributed by atoms with Crippen molar-refractivity contribution in [3.63, 3.8) is 0 Å². The first kappa shape index (κ1) is 14.9. The van der Waals surface area contributed by atoms with Crippen LogP contribution >= 0.6 is 0 Å². The summed E-state index contributed by atoms with van der Waals surface area (Å²) in [7, 11) is 1.57. The first-order chi connectivity index (χ1) is 9.16. The molecule has 0 saturated carbocycles. The van der Waals surface area contributed by atoms with E-state index in [4.69, 9.17) is 15.2 Å². The number of Topliss-reactive ketones (excluding diaryl/α,β-unsaturated/α-hetero) is 1. The number of nitrogen functional groups attached to an aromatic ring is 1. The third-order valence-electron chi connectivity index (χ3n) is 3.92. The molecule has 1 heterocycles. The minimum absolute atomic E-state index is 0.0250. The van der Waals surface area contributed by atoms with E-state index in [1.165, 1.54) is 0 Å². The van der Waals surface area contributed by atoms with E-state index < -0.39 is 5.60 Å². The number of hydrogen-bond acceptors (Lipinski definition) is 4. The summed E-state index contributed by atoms with van der Waals surface area (Å²) in [6.07, 6.45) is 0.690. The fraction of sp³-hybridized carbons (Fsp3) is 0.562. The van der Waals surface area contributed by atoms with E-state index in [1.807, 2.05) is 27.7 Å². The van der Waals surface area contributed by atoms with Gasteiger partial charge in [0, 0.05) is 11.3 Å². The van der Waals surface area contributed by atoms with Crippen molar-refractivity contribution in [2.75, 3.05) is 12.8 Å². The summed E-state index contributed by atoms with van der Waals surface area (Å²) in [5, 5.41) is 0. The van der Waals surface area contributed by atoms with E-state index in [2.05, 4.69) is 0 Å². The second-order valence-electron chi connectivity index (χ2n) is 6.54. The van der Waals surface area contributed by atoms with Crippen LogP contribution in [0.25, 0.3) is 0 Å². The second kappa shape index (κ2) is 4.77. The summed E-state index contributed by atoms with van der Waals surface area (Å²) >= 11 is 0. The summed E-state index contributed by atoms with van der Waals surface area (Å²) in [6.45, 7) is 7.94. The fourth-order valence-electron chi connectivity index (χ4n) is 3.03. The molecule has 2 N–H and O–H groups in total. The average Bonchev–Trinajstić information content (AvgIpc) is 2.57. The molecule has 0 spiro atoms. The third-order valence-corrected chi connectivity index (χ3v) is 3.92. The van der Waals surface area contributed by atoms with Crippen molar-refractivity contribution in [2.24, 2.45) is 5.92 Å².